The second-order valence-corrected chi connectivity index (χ2v) is 10.6. The number of rotatable bonds is 7. The molecule has 1 heterocycles. The fraction of sp³-hybridized carbons (Fsp3) is 0.367. The van der Waals surface area contributed by atoms with Crippen LogP contribution in [0.15, 0.2) is 54.6 Å². The van der Waals surface area contributed by atoms with E-state index in [1.54, 1.807) is 37.4 Å². The average Bonchev–Trinajstić information content (AvgIpc) is 2.91. The maximum atomic E-state index is 15.1. The first-order chi connectivity index (χ1) is 18.3. The Labute approximate surface area is 225 Å². The Hall–Kier alpha value is -3.16. The number of carbonyl (C=O) groups is 1. The van der Waals surface area contributed by atoms with Crippen molar-refractivity contribution in [1.82, 2.24) is 0 Å². The average molecular weight is 542 g/mol. The number of ether oxygens (including phenoxy) is 2. The molecule has 8 heteroatoms. The molecule has 38 heavy (non-hydrogen) atoms. The van der Waals surface area contributed by atoms with Gasteiger partial charge in [-0.05, 0) is 85.5 Å². The van der Waals surface area contributed by atoms with E-state index in [9.17, 15) is 14.3 Å². The van der Waals surface area contributed by atoms with Crippen molar-refractivity contribution in [3.8, 4) is 11.5 Å². The standard InChI is InChI=1S/C30H30ClF2NO4/c1-37-22-5-2-19(3-6-22)17-34-28(35)11-8-24-27(10-9-25(32)29(24)34)38-18-30(36)14-12-20(13-15-30)23-7-4-21(31)16-26(23)33/h2-7,9-10,16,20,36H,8,11-15,17-18H2,1H3/t20-,30+. The third-order valence-corrected chi connectivity index (χ3v) is 7.90. The molecule has 0 radical (unpaired) electrons. The van der Waals surface area contributed by atoms with Crippen molar-refractivity contribution in [3.63, 3.8) is 0 Å². The van der Waals surface area contributed by atoms with E-state index >= 15 is 4.39 Å². The molecule has 3 aromatic carbocycles. The third-order valence-electron chi connectivity index (χ3n) is 7.67. The summed E-state index contributed by atoms with van der Waals surface area (Å²) in [4.78, 5) is 14.3. The summed E-state index contributed by atoms with van der Waals surface area (Å²) in [6, 6.07) is 14.9. The molecule has 0 bridgehead atoms. The molecule has 3 aromatic rings. The van der Waals surface area contributed by atoms with E-state index in [1.165, 1.54) is 17.0 Å². The summed E-state index contributed by atoms with van der Waals surface area (Å²) < 4.78 is 40.7. The molecule has 1 aliphatic heterocycles. The summed E-state index contributed by atoms with van der Waals surface area (Å²) in [5, 5.41) is 11.6. The van der Waals surface area contributed by atoms with Gasteiger partial charge in [0.05, 0.1) is 24.9 Å². The van der Waals surface area contributed by atoms with Crippen molar-refractivity contribution < 1.29 is 28.2 Å². The molecular formula is C30H30ClF2NO4. The van der Waals surface area contributed by atoms with Gasteiger partial charge in [-0.2, -0.15) is 0 Å². The molecule has 2 aliphatic rings. The Morgan fingerprint density at radius 3 is 2.45 bits per heavy atom. The monoisotopic (exact) mass is 541 g/mol. The molecule has 0 atom stereocenters. The lowest BCUT2D eigenvalue weighted by Crippen LogP contribution is -2.40. The highest BCUT2D eigenvalue weighted by atomic mass is 35.5. The molecule has 5 rings (SSSR count). The molecule has 1 aliphatic carbocycles. The minimum Gasteiger partial charge on any atom is -0.497 e. The Balaban J connectivity index is 1.29. The maximum absolute atomic E-state index is 15.1. The molecule has 0 saturated heterocycles. The van der Waals surface area contributed by atoms with Crippen LogP contribution in [0.3, 0.4) is 0 Å². The predicted molar refractivity (Wildman–Crippen MR) is 142 cm³/mol. The number of hydrogen-bond acceptors (Lipinski definition) is 4. The van der Waals surface area contributed by atoms with Crippen molar-refractivity contribution in [2.45, 2.75) is 56.6 Å². The molecule has 1 fully saturated rings. The zero-order valence-corrected chi connectivity index (χ0v) is 21.9. The Bertz CT molecular complexity index is 1320. The minimum absolute atomic E-state index is 0.00338. The quantitative estimate of drug-likeness (QED) is 0.367. The minimum atomic E-state index is -1.08. The van der Waals surface area contributed by atoms with Crippen molar-refractivity contribution in [2.75, 3.05) is 18.6 Å². The smallest absolute Gasteiger partial charge is 0.227 e. The van der Waals surface area contributed by atoms with Crippen LogP contribution in [0, 0.1) is 11.6 Å². The number of anilines is 1. The van der Waals surface area contributed by atoms with E-state index < -0.39 is 11.4 Å². The fourth-order valence-electron chi connectivity index (χ4n) is 5.49. The number of halogens is 3. The van der Waals surface area contributed by atoms with Crippen LogP contribution in [-0.2, 0) is 17.8 Å². The molecule has 200 valence electrons. The van der Waals surface area contributed by atoms with Crippen molar-refractivity contribution in [2.24, 2.45) is 0 Å². The van der Waals surface area contributed by atoms with Gasteiger partial charge in [0.15, 0.2) is 0 Å². The molecule has 0 unspecified atom stereocenters. The van der Waals surface area contributed by atoms with Crippen LogP contribution in [0.2, 0.25) is 5.02 Å². The van der Waals surface area contributed by atoms with Gasteiger partial charge in [-0.1, -0.05) is 29.8 Å². The van der Waals surface area contributed by atoms with Gasteiger partial charge in [0.1, 0.15) is 29.7 Å². The lowest BCUT2D eigenvalue weighted by molar-refractivity contribution is -0.119. The van der Waals surface area contributed by atoms with Crippen molar-refractivity contribution >= 4 is 23.2 Å². The normalized spacial score (nSPS) is 21.2. The fourth-order valence-corrected chi connectivity index (χ4v) is 5.64. The van der Waals surface area contributed by atoms with Crippen LogP contribution >= 0.6 is 11.6 Å². The zero-order chi connectivity index (χ0) is 26.9. The number of amides is 1. The first-order valence-electron chi connectivity index (χ1n) is 12.8. The summed E-state index contributed by atoms with van der Waals surface area (Å²) in [5.41, 5.74) is 1.24. The number of fused-ring (bicyclic) bond motifs is 1. The zero-order valence-electron chi connectivity index (χ0n) is 21.2. The second-order valence-electron chi connectivity index (χ2n) is 10.2. The van der Waals surface area contributed by atoms with E-state index in [-0.39, 0.29) is 42.9 Å². The van der Waals surface area contributed by atoms with E-state index in [0.29, 0.717) is 59.8 Å². The number of benzene rings is 3. The third kappa shape index (κ3) is 5.49. The van der Waals surface area contributed by atoms with Crippen LogP contribution in [0.25, 0.3) is 0 Å². The summed E-state index contributed by atoms with van der Waals surface area (Å²) >= 11 is 5.88. The van der Waals surface area contributed by atoms with Crippen LogP contribution < -0.4 is 14.4 Å². The number of hydrogen-bond donors (Lipinski definition) is 1. The largest absolute Gasteiger partial charge is 0.497 e. The second kappa shape index (κ2) is 10.9. The van der Waals surface area contributed by atoms with Gasteiger partial charge < -0.3 is 19.5 Å². The summed E-state index contributed by atoms with van der Waals surface area (Å²) in [6.45, 7) is 0.260. The van der Waals surface area contributed by atoms with Gasteiger partial charge in [0.25, 0.3) is 0 Å². The Kier molecular flexibility index (Phi) is 7.59. The Morgan fingerprint density at radius 2 is 1.76 bits per heavy atom. The van der Waals surface area contributed by atoms with Gasteiger partial charge in [-0.25, -0.2) is 8.78 Å². The summed E-state index contributed by atoms with van der Waals surface area (Å²) in [6.07, 6.45) is 2.73. The van der Waals surface area contributed by atoms with Crippen molar-refractivity contribution in [3.05, 3.63) is 87.9 Å². The van der Waals surface area contributed by atoms with Crippen molar-refractivity contribution in [1.29, 1.82) is 0 Å². The van der Waals surface area contributed by atoms with E-state index in [2.05, 4.69) is 0 Å². The number of nitrogens with zero attached hydrogens (tertiary/aromatic N) is 1. The highest BCUT2D eigenvalue weighted by Crippen LogP contribution is 2.41. The first kappa shape index (κ1) is 26.4. The lowest BCUT2D eigenvalue weighted by atomic mass is 9.76. The van der Waals surface area contributed by atoms with Gasteiger partial charge in [-0.15, -0.1) is 0 Å². The highest BCUT2D eigenvalue weighted by molar-refractivity contribution is 6.30. The van der Waals surface area contributed by atoms with E-state index in [1.807, 2.05) is 12.1 Å². The molecule has 1 amide bonds. The van der Waals surface area contributed by atoms with Crippen LogP contribution in [0.5, 0.6) is 11.5 Å². The van der Waals surface area contributed by atoms with E-state index in [0.717, 1.165) is 5.56 Å². The van der Waals surface area contributed by atoms with Crippen LogP contribution in [0.1, 0.15) is 54.7 Å². The summed E-state index contributed by atoms with van der Waals surface area (Å²) in [7, 11) is 1.58. The van der Waals surface area contributed by atoms with Gasteiger partial charge >= 0.3 is 0 Å². The molecule has 0 aromatic heterocycles. The van der Waals surface area contributed by atoms with Gasteiger partial charge in [-0.3, -0.25) is 4.79 Å². The molecule has 0 spiro atoms. The molecular weight excluding hydrogens is 512 g/mol. The topological polar surface area (TPSA) is 59.0 Å². The van der Waals surface area contributed by atoms with Gasteiger partial charge in [0.2, 0.25) is 5.91 Å². The van der Waals surface area contributed by atoms with E-state index in [4.69, 9.17) is 21.1 Å². The number of methoxy groups -OCH3 is 1. The van der Waals surface area contributed by atoms with Crippen LogP contribution in [-0.4, -0.2) is 30.3 Å². The SMILES string of the molecule is COc1ccc(CN2C(=O)CCc3c(OC[C@]4(O)CC[C@@H](c5ccc(Cl)cc5F)CC4)ccc(F)c32)cc1. The molecule has 1 saturated carbocycles. The number of carbonyl (C=O) groups excluding carboxylic acids is 1. The lowest BCUT2D eigenvalue weighted by Gasteiger charge is -2.37. The van der Waals surface area contributed by atoms with Gasteiger partial charge in [0, 0.05) is 17.0 Å². The van der Waals surface area contributed by atoms with Crippen LogP contribution in [0.4, 0.5) is 14.5 Å². The summed E-state index contributed by atoms with van der Waals surface area (Å²) in [5.74, 6) is 0.201. The molecule has 1 N–H and O–H groups in total. The maximum Gasteiger partial charge on any atom is 0.227 e. The first-order valence-corrected chi connectivity index (χ1v) is 13.2. The number of aliphatic hydroxyl groups is 1. The Morgan fingerprint density at radius 1 is 1.03 bits per heavy atom. The predicted octanol–water partition coefficient (Wildman–Crippen LogP) is 6.57. The highest BCUT2D eigenvalue weighted by Gasteiger charge is 2.36. The molecule has 5 nitrogen and oxygen atoms in total.